The summed E-state index contributed by atoms with van der Waals surface area (Å²) in [6.07, 6.45) is 7.30. The molecule has 1 aliphatic heterocycles. The van der Waals surface area contributed by atoms with Crippen LogP contribution < -0.4 is 5.73 Å². The highest BCUT2D eigenvalue weighted by molar-refractivity contribution is 6.01. The highest BCUT2D eigenvalue weighted by Crippen LogP contribution is 2.30. The van der Waals surface area contributed by atoms with Gasteiger partial charge in [-0.1, -0.05) is 18.2 Å². The third kappa shape index (κ3) is 1.53. The Balaban J connectivity index is 1.91. The lowest BCUT2D eigenvalue weighted by Crippen LogP contribution is -2.16. The molecule has 4 nitrogen and oxygen atoms in total. The summed E-state index contributed by atoms with van der Waals surface area (Å²) in [5.74, 6) is 0. The molecule has 22 heavy (non-hydrogen) atoms. The molecule has 0 bridgehead atoms. The predicted octanol–water partition coefficient (Wildman–Crippen LogP) is 3.60. The van der Waals surface area contributed by atoms with Gasteiger partial charge in [0, 0.05) is 28.7 Å². The molecule has 3 aromatic heterocycles. The molecule has 0 saturated carbocycles. The summed E-state index contributed by atoms with van der Waals surface area (Å²) in [6.45, 7) is 0. The summed E-state index contributed by atoms with van der Waals surface area (Å²) >= 11 is 0. The average molecular weight is 287 g/mol. The van der Waals surface area contributed by atoms with E-state index >= 15 is 0 Å². The summed E-state index contributed by atoms with van der Waals surface area (Å²) in [5.41, 5.74) is 11.2. The Bertz CT molecular complexity index is 1080. The van der Waals surface area contributed by atoms with Gasteiger partial charge in [0.2, 0.25) is 0 Å². The Hall–Kier alpha value is -2.85. The Labute approximate surface area is 126 Å². The Morgan fingerprint density at radius 3 is 2.95 bits per heavy atom. The van der Waals surface area contributed by atoms with Crippen molar-refractivity contribution in [3.63, 3.8) is 0 Å². The smallest absolute Gasteiger partial charge is 0.175 e. The maximum Gasteiger partial charge on any atom is 0.175 e. The van der Waals surface area contributed by atoms with Crippen LogP contribution in [0.15, 0.2) is 55.1 Å². The van der Waals surface area contributed by atoms with E-state index < -0.39 is 6.23 Å². The summed E-state index contributed by atoms with van der Waals surface area (Å²) in [4.78, 5) is 4.83. The normalized spacial score (nSPS) is 17.0. The monoisotopic (exact) mass is 287 g/mol. The summed E-state index contributed by atoms with van der Waals surface area (Å²) < 4.78 is 7.44. The zero-order valence-electron chi connectivity index (χ0n) is 11.7. The van der Waals surface area contributed by atoms with Crippen LogP contribution in [0.25, 0.3) is 33.4 Å². The number of nitrogens with two attached hydrogens (primary N) is 1. The number of rotatable bonds is 0. The first kappa shape index (κ1) is 11.8. The quantitative estimate of drug-likeness (QED) is 0.537. The second-order valence-electron chi connectivity index (χ2n) is 5.58. The third-order valence-electron chi connectivity index (χ3n) is 4.24. The second-order valence-corrected chi connectivity index (χ2v) is 5.58. The number of aromatic nitrogens is 2. The van der Waals surface area contributed by atoms with Gasteiger partial charge in [-0.15, -0.1) is 0 Å². The van der Waals surface area contributed by atoms with Crippen LogP contribution in [0, 0.1) is 0 Å². The van der Waals surface area contributed by atoms with Crippen molar-refractivity contribution in [2.45, 2.75) is 6.23 Å². The number of nitrogens with zero attached hydrogens (tertiary/aromatic N) is 2. The summed E-state index contributed by atoms with van der Waals surface area (Å²) in [5, 5.41) is 2.27. The van der Waals surface area contributed by atoms with Crippen LogP contribution in [0.1, 0.15) is 17.4 Å². The van der Waals surface area contributed by atoms with Crippen molar-refractivity contribution in [2.24, 2.45) is 5.73 Å². The van der Waals surface area contributed by atoms with E-state index in [4.69, 9.17) is 15.5 Å². The van der Waals surface area contributed by atoms with Crippen LogP contribution >= 0.6 is 0 Å². The number of hydrogen-bond donors (Lipinski definition) is 1. The Morgan fingerprint density at radius 2 is 2.00 bits per heavy atom. The fraction of sp³-hybridized carbons (Fsp3) is 0.0556. The van der Waals surface area contributed by atoms with Gasteiger partial charge in [-0.3, -0.25) is 5.73 Å². The minimum absolute atomic E-state index is 0.415. The number of ether oxygens (including phenoxy) is 1. The lowest BCUT2D eigenvalue weighted by molar-refractivity contribution is 0.150. The Morgan fingerprint density at radius 1 is 1.09 bits per heavy atom. The molecule has 4 aromatic rings. The number of fused-ring (bicyclic) bond motifs is 5. The molecule has 106 valence electrons. The van der Waals surface area contributed by atoms with E-state index in [1.165, 1.54) is 0 Å². The molecule has 4 heteroatoms. The standard InChI is InChI=1S/C18H13N3O/c19-18-14-10-21-9-13-7-12-3-1-2-4-15(12)20-17(13)16(21)8-11(14)5-6-22-18/h1-10,18H,19H2. The molecule has 0 spiro atoms. The maximum atomic E-state index is 6.01. The largest absolute Gasteiger partial charge is 0.479 e. The number of pyridine rings is 2. The van der Waals surface area contributed by atoms with E-state index in [1.807, 2.05) is 30.5 Å². The van der Waals surface area contributed by atoms with Gasteiger partial charge in [0.15, 0.2) is 6.23 Å². The molecule has 1 aliphatic rings. The number of hydrogen-bond acceptors (Lipinski definition) is 3. The minimum Gasteiger partial charge on any atom is -0.479 e. The number of para-hydroxylation sites is 1. The first-order valence-electron chi connectivity index (χ1n) is 7.21. The maximum absolute atomic E-state index is 6.01. The van der Waals surface area contributed by atoms with Gasteiger partial charge < -0.3 is 9.14 Å². The van der Waals surface area contributed by atoms with Crippen LogP contribution in [0.4, 0.5) is 0 Å². The molecule has 5 rings (SSSR count). The lowest BCUT2D eigenvalue weighted by atomic mass is 10.1. The van der Waals surface area contributed by atoms with Crippen molar-refractivity contribution in [3.05, 3.63) is 66.2 Å². The van der Waals surface area contributed by atoms with Crippen molar-refractivity contribution >= 4 is 33.4 Å². The van der Waals surface area contributed by atoms with Gasteiger partial charge in [0.1, 0.15) is 0 Å². The molecule has 0 aliphatic carbocycles. The highest BCUT2D eigenvalue weighted by atomic mass is 16.5. The fourth-order valence-electron chi connectivity index (χ4n) is 3.13. The van der Waals surface area contributed by atoms with E-state index in [0.29, 0.717) is 0 Å². The second kappa shape index (κ2) is 4.08. The summed E-state index contributed by atoms with van der Waals surface area (Å²) in [6, 6.07) is 12.5. The van der Waals surface area contributed by atoms with Crippen LogP contribution in [0.2, 0.25) is 0 Å². The van der Waals surface area contributed by atoms with Gasteiger partial charge in [-0.05, 0) is 29.8 Å². The molecule has 0 saturated heterocycles. The zero-order chi connectivity index (χ0) is 14.7. The molecule has 0 radical (unpaired) electrons. The highest BCUT2D eigenvalue weighted by Gasteiger charge is 2.17. The molecular weight excluding hydrogens is 274 g/mol. The zero-order valence-corrected chi connectivity index (χ0v) is 11.7. The van der Waals surface area contributed by atoms with Crippen LogP contribution in [0.3, 0.4) is 0 Å². The molecule has 1 aromatic carbocycles. The minimum atomic E-state index is -0.415. The first-order valence-corrected chi connectivity index (χ1v) is 7.21. The van der Waals surface area contributed by atoms with Crippen molar-refractivity contribution in [1.82, 2.24) is 9.38 Å². The molecular formula is C18H13N3O. The van der Waals surface area contributed by atoms with Crippen LogP contribution in [-0.2, 0) is 4.74 Å². The van der Waals surface area contributed by atoms with E-state index in [0.717, 1.165) is 38.4 Å². The van der Waals surface area contributed by atoms with Crippen molar-refractivity contribution in [1.29, 1.82) is 0 Å². The van der Waals surface area contributed by atoms with Crippen molar-refractivity contribution in [3.8, 4) is 0 Å². The molecule has 1 atom stereocenters. The number of benzene rings is 1. The molecule has 2 N–H and O–H groups in total. The Kier molecular flexibility index (Phi) is 2.19. The SMILES string of the molecule is NC1OC=Cc2cc3c4nc5ccccc5cc4cn3cc21. The predicted molar refractivity (Wildman–Crippen MR) is 87.3 cm³/mol. The molecule has 0 fully saturated rings. The van der Waals surface area contributed by atoms with E-state index in [2.05, 4.69) is 28.8 Å². The van der Waals surface area contributed by atoms with E-state index in [9.17, 15) is 0 Å². The third-order valence-corrected chi connectivity index (χ3v) is 4.24. The van der Waals surface area contributed by atoms with Gasteiger partial charge in [0.05, 0.1) is 22.8 Å². The molecule has 0 amide bonds. The first-order chi connectivity index (χ1) is 10.8. The molecule has 4 heterocycles. The van der Waals surface area contributed by atoms with Gasteiger partial charge >= 0.3 is 0 Å². The van der Waals surface area contributed by atoms with E-state index in [-0.39, 0.29) is 0 Å². The van der Waals surface area contributed by atoms with Crippen molar-refractivity contribution in [2.75, 3.05) is 0 Å². The topological polar surface area (TPSA) is 52.5 Å². The lowest BCUT2D eigenvalue weighted by Gasteiger charge is -2.19. The van der Waals surface area contributed by atoms with Crippen molar-refractivity contribution < 1.29 is 4.74 Å². The average Bonchev–Trinajstić information content (AvgIpc) is 2.88. The van der Waals surface area contributed by atoms with Gasteiger partial charge in [-0.2, -0.15) is 0 Å². The fourth-order valence-corrected chi connectivity index (χ4v) is 3.13. The summed E-state index contributed by atoms with van der Waals surface area (Å²) in [7, 11) is 0. The van der Waals surface area contributed by atoms with E-state index in [1.54, 1.807) is 6.26 Å². The van der Waals surface area contributed by atoms with Crippen LogP contribution in [0.5, 0.6) is 0 Å². The van der Waals surface area contributed by atoms with Crippen LogP contribution in [-0.4, -0.2) is 9.38 Å². The molecule has 1 unspecified atom stereocenters. The van der Waals surface area contributed by atoms with Gasteiger partial charge in [-0.25, -0.2) is 4.98 Å². The van der Waals surface area contributed by atoms with Gasteiger partial charge in [0.25, 0.3) is 0 Å².